The summed E-state index contributed by atoms with van der Waals surface area (Å²) in [5, 5.41) is 2.43. The van der Waals surface area contributed by atoms with E-state index in [0.29, 0.717) is 13.0 Å². The van der Waals surface area contributed by atoms with E-state index in [-0.39, 0.29) is 24.3 Å². The third-order valence-electron chi connectivity index (χ3n) is 3.08. The number of carbonyl (C=O) groups is 3. The van der Waals surface area contributed by atoms with Crippen LogP contribution in [0.2, 0.25) is 0 Å². The largest absolute Gasteiger partial charge is 0.444 e. The van der Waals surface area contributed by atoms with Crippen molar-refractivity contribution in [2.45, 2.75) is 58.6 Å². The summed E-state index contributed by atoms with van der Waals surface area (Å²) in [5.74, 6) is -0.244. The van der Waals surface area contributed by atoms with Gasteiger partial charge in [0, 0.05) is 6.54 Å². The highest BCUT2D eigenvalue weighted by Gasteiger charge is 2.29. The lowest BCUT2D eigenvalue weighted by Gasteiger charge is -2.34. The molecule has 0 aliphatic carbocycles. The molecule has 2 amide bonds. The normalized spacial score (nSPS) is 19.4. The number of amides is 2. The van der Waals surface area contributed by atoms with Crippen LogP contribution in [0.1, 0.15) is 47.0 Å². The zero-order valence-corrected chi connectivity index (χ0v) is 12.7. The van der Waals surface area contributed by atoms with Crippen molar-refractivity contribution in [2.24, 2.45) is 0 Å². The molecule has 1 aliphatic heterocycles. The maximum absolute atomic E-state index is 12.1. The molecule has 0 aromatic rings. The Morgan fingerprint density at radius 1 is 1.25 bits per heavy atom. The molecule has 114 valence electrons. The number of alkyl carbamates (subject to hydrolysis) is 1. The van der Waals surface area contributed by atoms with Crippen LogP contribution in [-0.2, 0) is 14.3 Å². The number of carbonyl (C=O) groups excluding carboxylic acids is 3. The summed E-state index contributed by atoms with van der Waals surface area (Å²) in [5.41, 5.74) is -0.597. The average Bonchev–Trinajstić information content (AvgIpc) is 2.33. The highest BCUT2D eigenvalue weighted by Crippen LogP contribution is 2.17. The van der Waals surface area contributed by atoms with Crippen molar-refractivity contribution < 1.29 is 19.1 Å². The Bertz CT molecular complexity index is 387. The zero-order valence-electron chi connectivity index (χ0n) is 12.7. The minimum atomic E-state index is -0.623. The van der Waals surface area contributed by atoms with Gasteiger partial charge in [0.2, 0.25) is 5.91 Å². The van der Waals surface area contributed by atoms with E-state index in [4.69, 9.17) is 4.74 Å². The summed E-state index contributed by atoms with van der Waals surface area (Å²) in [7, 11) is 0. The van der Waals surface area contributed by atoms with E-state index in [1.54, 1.807) is 25.7 Å². The van der Waals surface area contributed by atoms with E-state index < -0.39 is 11.7 Å². The van der Waals surface area contributed by atoms with Crippen molar-refractivity contribution in [3.63, 3.8) is 0 Å². The van der Waals surface area contributed by atoms with Crippen LogP contribution >= 0.6 is 0 Å². The first kappa shape index (κ1) is 16.5. The molecule has 1 saturated heterocycles. The van der Waals surface area contributed by atoms with E-state index in [0.717, 1.165) is 12.8 Å². The minimum absolute atomic E-state index is 0.00434. The fraction of sp³-hybridized carbons (Fsp3) is 0.786. The van der Waals surface area contributed by atoms with Crippen LogP contribution in [0.3, 0.4) is 0 Å². The summed E-state index contributed by atoms with van der Waals surface area (Å²) in [4.78, 5) is 36.7. The van der Waals surface area contributed by atoms with E-state index in [9.17, 15) is 14.4 Å². The number of Topliss-reactive ketones (excluding diaryl/α,β-unsaturated/α-hetero) is 1. The van der Waals surface area contributed by atoms with E-state index in [1.165, 1.54) is 6.92 Å². The molecule has 0 aromatic carbocycles. The lowest BCUT2D eigenvalue weighted by Crippen LogP contribution is -2.51. The topological polar surface area (TPSA) is 75.7 Å². The summed E-state index contributed by atoms with van der Waals surface area (Å²) in [6, 6.07) is -0.350. The van der Waals surface area contributed by atoms with Gasteiger partial charge in [-0.15, -0.1) is 0 Å². The Kier molecular flexibility index (Phi) is 5.53. The maximum Gasteiger partial charge on any atom is 0.408 e. The van der Waals surface area contributed by atoms with Crippen molar-refractivity contribution in [3.8, 4) is 0 Å². The van der Waals surface area contributed by atoms with Gasteiger partial charge in [-0.25, -0.2) is 4.79 Å². The first-order chi connectivity index (χ1) is 9.20. The number of rotatable bonds is 3. The predicted molar refractivity (Wildman–Crippen MR) is 74.3 cm³/mol. The number of hydrogen-bond donors (Lipinski definition) is 1. The Morgan fingerprint density at radius 3 is 2.45 bits per heavy atom. The highest BCUT2D eigenvalue weighted by molar-refractivity contribution is 5.89. The summed E-state index contributed by atoms with van der Waals surface area (Å²) >= 11 is 0. The molecule has 0 spiro atoms. The SMILES string of the molecule is CC(=O)[C@@H]1CCCCN1C(=O)CNC(=O)OC(C)(C)C. The van der Waals surface area contributed by atoms with Gasteiger partial charge in [-0.05, 0) is 47.0 Å². The monoisotopic (exact) mass is 284 g/mol. The Hall–Kier alpha value is -1.59. The fourth-order valence-electron chi connectivity index (χ4n) is 2.22. The van der Waals surface area contributed by atoms with Gasteiger partial charge in [0.1, 0.15) is 12.1 Å². The average molecular weight is 284 g/mol. The molecule has 0 radical (unpaired) electrons. The molecule has 1 heterocycles. The van der Waals surface area contributed by atoms with Crippen LogP contribution in [0.15, 0.2) is 0 Å². The van der Waals surface area contributed by atoms with E-state index >= 15 is 0 Å². The standard InChI is InChI=1S/C14H24N2O4/c1-10(17)11-7-5-6-8-16(11)12(18)9-15-13(19)20-14(2,3)4/h11H,5-9H2,1-4H3,(H,15,19)/t11-/m0/s1. The Morgan fingerprint density at radius 2 is 1.90 bits per heavy atom. The van der Waals surface area contributed by atoms with Gasteiger partial charge in [0.15, 0.2) is 5.78 Å². The molecule has 1 atom stereocenters. The lowest BCUT2D eigenvalue weighted by molar-refractivity contribution is -0.139. The van der Waals surface area contributed by atoms with Crippen LogP contribution < -0.4 is 5.32 Å². The van der Waals surface area contributed by atoms with Crippen molar-refractivity contribution >= 4 is 17.8 Å². The number of nitrogens with zero attached hydrogens (tertiary/aromatic N) is 1. The first-order valence-corrected chi connectivity index (χ1v) is 6.97. The highest BCUT2D eigenvalue weighted by atomic mass is 16.6. The van der Waals surface area contributed by atoms with Gasteiger partial charge in [-0.3, -0.25) is 9.59 Å². The number of hydrogen-bond acceptors (Lipinski definition) is 4. The van der Waals surface area contributed by atoms with Crippen LogP contribution in [0.5, 0.6) is 0 Å². The molecule has 1 N–H and O–H groups in total. The Balaban J connectivity index is 2.49. The zero-order chi connectivity index (χ0) is 15.3. The summed E-state index contributed by atoms with van der Waals surface area (Å²) in [6.45, 7) is 7.19. The van der Waals surface area contributed by atoms with Gasteiger partial charge in [0.25, 0.3) is 0 Å². The molecule has 6 nitrogen and oxygen atoms in total. The third-order valence-corrected chi connectivity index (χ3v) is 3.08. The second kappa shape index (κ2) is 6.72. The van der Waals surface area contributed by atoms with Crippen molar-refractivity contribution in [1.29, 1.82) is 0 Å². The number of likely N-dealkylation sites (tertiary alicyclic amines) is 1. The molecular formula is C14H24N2O4. The molecular weight excluding hydrogens is 260 g/mol. The van der Waals surface area contributed by atoms with Gasteiger partial charge in [-0.1, -0.05) is 0 Å². The number of piperidine rings is 1. The fourth-order valence-corrected chi connectivity index (χ4v) is 2.22. The van der Waals surface area contributed by atoms with Gasteiger partial charge in [0.05, 0.1) is 6.04 Å². The quantitative estimate of drug-likeness (QED) is 0.851. The third kappa shape index (κ3) is 5.19. The molecule has 1 aliphatic rings. The molecule has 1 rings (SSSR count). The lowest BCUT2D eigenvalue weighted by atomic mass is 9.99. The van der Waals surface area contributed by atoms with Gasteiger partial charge in [-0.2, -0.15) is 0 Å². The van der Waals surface area contributed by atoms with Crippen LogP contribution in [0.4, 0.5) is 4.79 Å². The van der Waals surface area contributed by atoms with Crippen LogP contribution in [0.25, 0.3) is 0 Å². The summed E-state index contributed by atoms with van der Waals surface area (Å²) in [6.07, 6.45) is 1.92. The molecule has 0 bridgehead atoms. The van der Waals surface area contributed by atoms with Crippen molar-refractivity contribution in [3.05, 3.63) is 0 Å². The van der Waals surface area contributed by atoms with Crippen LogP contribution in [-0.4, -0.2) is 47.4 Å². The number of ketones is 1. The van der Waals surface area contributed by atoms with Gasteiger partial charge >= 0.3 is 6.09 Å². The molecule has 0 saturated carbocycles. The van der Waals surface area contributed by atoms with Crippen LogP contribution in [0, 0.1) is 0 Å². The number of nitrogens with one attached hydrogen (secondary N) is 1. The minimum Gasteiger partial charge on any atom is -0.444 e. The molecule has 1 fully saturated rings. The van der Waals surface area contributed by atoms with Crippen molar-refractivity contribution in [2.75, 3.05) is 13.1 Å². The van der Waals surface area contributed by atoms with E-state index in [2.05, 4.69) is 5.32 Å². The Labute approximate surface area is 119 Å². The molecule has 0 unspecified atom stereocenters. The second-order valence-corrected chi connectivity index (χ2v) is 6.06. The summed E-state index contributed by atoms with van der Waals surface area (Å²) < 4.78 is 5.06. The molecule has 20 heavy (non-hydrogen) atoms. The molecule has 6 heteroatoms. The second-order valence-electron chi connectivity index (χ2n) is 6.06. The molecule has 0 aromatic heterocycles. The predicted octanol–water partition coefficient (Wildman–Crippen LogP) is 1.48. The maximum atomic E-state index is 12.1. The smallest absolute Gasteiger partial charge is 0.408 e. The first-order valence-electron chi connectivity index (χ1n) is 6.97. The van der Waals surface area contributed by atoms with Crippen molar-refractivity contribution in [1.82, 2.24) is 10.2 Å². The van der Waals surface area contributed by atoms with Gasteiger partial charge < -0.3 is 15.0 Å². The van der Waals surface area contributed by atoms with E-state index in [1.807, 2.05) is 0 Å². The number of ether oxygens (including phenoxy) is 1.